The van der Waals surface area contributed by atoms with E-state index in [4.69, 9.17) is 4.74 Å². The van der Waals surface area contributed by atoms with Crippen molar-refractivity contribution in [2.24, 2.45) is 5.92 Å². The van der Waals surface area contributed by atoms with Crippen LogP contribution in [0.1, 0.15) is 86.5 Å². The zero-order chi connectivity index (χ0) is 17.5. The van der Waals surface area contributed by atoms with Gasteiger partial charge in [-0.3, -0.25) is 0 Å². The number of carbonyl (C=O) groups is 1. The molecule has 136 valence electrons. The van der Waals surface area contributed by atoms with Crippen LogP contribution in [0.2, 0.25) is 0 Å². The zero-order valence-electron chi connectivity index (χ0n) is 16.1. The first-order valence-electron chi connectivity index (χ1n) is 9.41. The maximum absolute atomic E-state index is 11.9. The molecule has 0 aromatic carbocycles. The summed E-state index contributed by atoms with van der Waals surface area (Å²) in [5, 5.41) is 6.79. The molecule has 0 heterocycles. The van der Waals surface area contributed by atoms with Gasteiger partial charge >= 0.3 is 6.09 Å². The van der Waals surface area contributed by atoms with E-state index in [-0.39, 0.29) is 12.1 Å². The molecule has 0 radical (unpaired) electrons. The van der Waals surface area contributed by atoms with Crippen LogP contribution in [-0.2, 0) is 4.74 Å². The molecule has 0 spiro atoms. The minimum Gasteiger partial charge on any atom is -0.444 e. The van der Waals surface area contributed by atoms with Crippen LogP contribution in [0.15, 0.2) is 0 Å². The SMILES string of the molecule is CC(C)CCCC(C)NC1CCCC(NC(=O)OC(C)(C)C)C1. The summed E-state index contributed by atoms with van der Waals surface area (Å²) in [6.07, 6.45) is 7.98. The van der Waals surface area contributed by atoms with Crippen molar-refractivity contribution < 1.29 is 9.53 Å². The lowest BCUT2D eigenvalue weighted by molar-refractivity contribution is 0.0488. The third-order valence-corrected chi connectivity index (χ3v) is 4.33. The summed E-state index contributed by atoms with van der Waals surface area (Å²) in [6, 6.07) is 1.30. The molecule has 3 atom stereocenters. The summed E-state index contributed by atoms with van der Waals surface area (Å²) in [6.45, 7) is 12.5. The molecule has 4 heteroatoms. The van der Waals surface area contributed by atoms with Crippen molar-refractivity contribution in [2.45, 2.75) is 110 Å². The van der Waals surface area contributed by atoms with Crippen LogP contribution < -0.4 is 10.6 Å². The van der Waals surface area contributed by atoms with Gasteiger partial charge < -0.3 is 15.4 Å². The van der Waals surface area contributed by atoms with Gasteiger partial charge in [-0.15, -0.1) is 0 Å². The Labute approximate surface area is 143 Å². The Bertz CT molecular complexity index is 350. The molecule has 0 aromatic heterocycles. The molecule has 1 saturated carbocycles. The molecule has 1 aliphatic carbocycles. The van der Waals surface area contributed by atoms with Gasteiger partial charge in [0.25, 0.3) is 0 Å². The van der Waals surface area contributed by atoms with Gasteiger partial charge in [-0.05, 0) is 65.7 Å². The largest absolute Gasteiger partial charge is 0.444 e. The van der Waals surface area contributed by atoms with Gasteiger partial charge in [0.1, 0.15) is 5.60 Å². The minimum absolute atomic E-state index is 0.235. The Hall–Kier alpha value is -0.770. The first kappa shape index (κ1) is 20.3. The third kappa shape index (κ3) is 9.85. The second-order valence-corrected chi connectivity index (χ2v) is 8.60. The lowest BCUT2D eigenvalue weighted by Crippen LogP contribution is -2.47. The van der Waals surface area contributed by atoms with E-state index in [9.17, 15) is 4.79 Å². The molecule has 0 bridgehead atoms. The van der Waals surface area contributed by atoms with Gasteiger partial charge in [-0.1, -0.05) is 26.7 Å². The van der Waals surface area contributed by atoms with Crippen molar-refractivity contribution in [2.75, 3.05) is 0 Å². The topological polar surface area (TPSA) is 50.4 Å². The van der Waals surface area contributed by atoms with Crippen LogP contribution >= 0.6 is 0 Å². The van der Waals surface area contributed by atoms with Crippen LogP contribution in [0.25, 0.3) is 0 Å². The molecule has 0 aliphatic heterocycles. The van der Waals surface area contributed by atoms with Gasteiger partial charge in [0.2, 0.25) is 0 Å². The fourth-order valence-electron chi connectivity index (χ4n) is 3.26. The lowest BCUT2D eigenvalue weighted by atomic mass is 9.90. The number of rotatable bonds is 7. The van der Waals surface area contributed by atoms with Crippen molar-refractivity contribution >= 4 is 6.09 Å². The fraction of sp³-hybridized carbons (Fsp3) is 0.947. The first-order valence-corrected chi connectivity index (χ1v) is 9.41. The average Bonchev–Trinajstić information content (AvgIpc) is 2.35. The minimum atomic E-state index is -0.429. The maximum Gasteiger partial charge on any atom is 0.407 e. The summed E-state index contributed by atoms with van der Waals surface area (Å²) in [7, 11) is 0. The molecule has 23 heavy (non-hydrogen) atoms. The molecule has 0 aromatic rings. The Morgan fingerprint density at radius 1 is 1.13 bits per heavy atom. The second-order valence-electron chi connectivity index (χ2n) is 8.60. The first-order chi connectivity index (χ1) is 10.7. The number of ether oxygens (including phenoxy) is 1. The van der Waals surface area contributed by atoms with E-state index in [0.717, 1.165) is 25.2 Å². The number of amides is 1. The Balaban J connectivity index is 2.29. The number of carbonyl (C=O) groups excluding carboxylic acids is 1. The molecule has 3 unspecified atom stereocenters. The van der Waals surface area contributed by atoms with Crippen LogP contribution in [0.3, 0.4) is 0 Å². The van der Waals surface area contributed by atoms with Gasteiger partial charge in [0.15, 0.2) is 0 Å². The summed E-state index contributed by atoms with van der Waals surface area (Å²) < 4.78 is 5.36. The van der Waals surface area contributed by atoms with Crippen LogP contribution in [0, 0.1) is 5.92 Å². The van der Waals surface area contributed by atoms with E-state index in [1.54, 1.807) is 0 Å². The van der Waals surface area contributed by atoms with Crippen molar-refractivity contribution in [3.63, 3.8) is 0 Å². The Kier molecular flexibility index (Phi) is 8.38. The fourth-order valence-corrected chi connectivity index (χ4v) is 3.26. The quantitative estimate of drug-likeness (QED) is 0.717. The van der Waals surface area contributed by atoms with Crippen molar-refractivity contribution in [1.29, 1.82) is 0 Å². The van der Waals surface area contributed by atoms with E-state index >= 15 is 0 Å². The van der Waals surface area contributed by atoms with Crippen molar-refractivity contribution in [1.82, 2.24) is 10.6 Å². The molecule has 4 nitrogen and oxygen atoms in total. The average molecular weight is 327 g/mol. The van der Waals surface area contributed by atoms with E-state index in [1.807, 2.05) is 20.8 Å². The van der Waals surface area contributed by atoms with Gasteiger partial charge in [-0.25, -0.2) is 4.79 Å². The van der Waals surface area contributed by atoms with E-state index in [0.29, 0.717) is 12.1 Å². The third-order valence-electron chi connectivity index (χ3n) is 4.33. The highest BCUT2D eigenvalue weighted by atomic mass is 16.6. The highest BCUT2D eigenvalue weighted by Gasteiger charge is 2.26. The maximum atomic E-state index is 11.9. The monoisotopic (exact) mass is 326 g/mol. The number of hydrogen-bond donors (Lipinski definition) is 2. The number of alkyl carbamates (subject to hydrolysis) is 1. The Morgan fingerprint density at radius 2 is 1.78 bits per heavy atom. The molecule has 1 rings (SSSR count). The second kappa shape index (κ2) is 9.51. The van der Waals surface area contributed by atoms with Crippen LogP contribution in [0.5, 0.6) is 0 Å². The van der Waals surface area contributed by atoms with Crippen LogP contribution in [-0.4, -0.2) is 29.8 Å². The molecule has 1 aliphatic rings. The molecule has 1 fully saturated rings. The molecule has 1 amide bonds. The van der Waals surface area contributed by atoms with Gasteiger partial charge in [0.05, 0.1) is 0 Å². The predicted octanol–water partition coefficient (Wildman–Crippen LogP) is 4.63. The van der Waals surface area contributed by atoms with Crippen LogP contribution in [0.4, 0.5) is 4.79 Å². The highest BCUT2D eigenvalue weighted by molar-refractivity contribution is 5.68. The number of nitrogens with one attached hydrogen (secondary N) is 2. The van der Waals surface area contributed by atoms with Gasteiger partial charge in [-0.2, -0.15) is 0 Å². The molecule has 0 saturated heterocycles. The van der Waals surface area contributed by atoms with E-state index in [1.165, 1.54) is 25.7 Å². The van der Waals surface area contributed by atoms with Crippen molar-refractivity contribution in [3.05, 3.63) is 0 Å². The summed E-state index contributed by atoms with van der Waals surface area (Å²) >= 11 is 0. The highest BCUT2D eigenvalue weighted by Crippen LogP contribution is 2.20. The zero-order valence-corrected chi connectivity index (χ0v) is 16.1. The van der Waals surface area contributed by atoms with E-state index in [2.05, 4.69) is 31.4 Å². The lowest BCUT2D eigenvalue weighted by Gasteiger charge is -2.33. The molecular weight excluding hydrogens is 288 g/mol. The summed E-state index contributed by atoms with van der Waals surface area (Å²) in [5.41, 5.74) is -0.429. The van der Waals surface area contributed by atoms with Crippen molar-refractivity contribution in [3.8, 4) is 0 Å². The summed E-state index contributed by atoms with van der Waals surface area (Å²) in [4.78, 5) is 11.9. The number of hydrogen-bond acceptors (Lipinski definition) is 3. The molecular formula is C19H38N2O2. The predicted molar refractivity (Wildman–Crippen MR) is 96.7 cm³/mol. The van der Waals surface area contributed by atoms with E-state index < -0.39 is 5.60 Å². The van der Waals surface area contributed by atoms with Gasteiger partial charge in [0, 0.05) is 18.1 Å². The summed E-state index contributed by atoms with van der Waals surface area (Å²) in [5.74, 6) is 0.791. The normalized spacial score (nSPS) is 23.6. The standard InChI is InChI=1S/C19H38N2O2/c1-14(2)9-7-10-15(3)20-16-11-8-12-17(13-16)21-18(22)23-19(4,5)6/h14-17,20H,7-13H2,1-6H3,(H,21,22). The Morgan fingerprint density at radius 3 is 2.39 bits per heavy atom. The molecule has 2 N–H and O–H groups in total. The smallest absolute Gasteiger partial charge is 0.407 e.